The summed E-state index contributed by atoms with van der Waals surface area (Å²) in [5.41, 5.74) is 3.27. The van der Waals surface area contributed by atoms with E-state index in [9.17, 15) is 9.90 Å². The zero-order chi connectivity index (χ0) is 21.3. The van der Waals surface area contributed by atoms with Gasteiger partial charge in [-0.15, -0.1) is 0 Å². The van der Waals surface area contributed by atoms with Crippen LogP contribution in [0.3, 0.4) is 0 Å². The van der Waals surface area contributed by atoms with Gasteiger partial charge in [0, 0.05) is 40.0 Å². The van der Waals surface area contributed by atoms with E-state index in [1.54, 1.807) is 12.1 Å². The van der Waals surface area contributed by atoms with Crippen LogP contribution in [0.5, 0.6) is 0 Å². The summed E-state index contributed by atoms with van der Waals surface area (Å²) >= 11 is 3.43. The van der Waals surface area contributed by atoms with Crippen molar-refractivity contribution in [3.05, 3.63) is 69.8 Å². The van der Waals surface area contributed by atoms with Crippen LogP contribution in [0.15, 0.2) is 53.1 Å². The lowest BCUT2D eigenvalue weighted by molar-refractivity contribution is 0.0915. The van der Waals surface area contributed by atoms with Crippen LogP contribution < -0.4 is 5.32 Å². The minimum absolute atomic E-state index is 0.165. The quantitative estimate of drug-likeness (QED) is 0.360. The molecule has 0 aliphatic heterocycles. The van der Waals surface area contributed by atoms with E-state index in [-0.39, 0.29) is 12.5 Å². The standard InChI is InChI=1S/C24H22BrN3O2/c25-22-11-10-17(7-3-1-2-6-12-26)13-21(22)24(30)28-19(16-29)14-18-15-27-23-9-5-4-8-20(18)23/h4-5,8-11,13,15,19,27,29H,1-2,6,14,16H2,(H,28,30)/t19-/m1/s1. The second-order valence-corrected chi connectivity index (χ2v) is 7.78. The van der Waals surface area contributed by atoms with E-state index in [0.717, 1.165) is 28.5 Å². The average Bonchev–Trinajstić information content (AvgIpc) is 3.17. The monoisotopic (exact) mass is 463 g/mol. The molecule has 0 saturated heterocycles. The fraction of sp³-hybridized carbons (Fsp3) is 0.250. The van der Waals surface area contributed by atoms with Gasteiger partial charge in [0.15, 0.2) is 0 Å². The molecule has 1 amide bonds. The van der Waals surface area contributed by atoms with Crippen LogP contribution in [-0.4, -0.2) is 28.6 Å². The summed E-state index contributed by atoms with van der Waals surface area (Å²) in [6.07, 6.45) is 4.30. The molecular weight excluding hydrogens is 442 g/mol. The summed E-state index contributed by atoms with van der Waals surface area (Å²) in [6, 6.07) is 15.0. The van der Waals surface area contributed by atoms with Crippen LogP contribution in [-0.2, 0) is 6.42 Å². The fourth-order valence-corrected chi connectivity index (χ4v) is 3.61. The molecule has 2 aromatic carbocycles. The first-order valence-electron chi connectivity index (χ1n) is 9.74. The number of fused-ring (bicyclic) bond motifs is 1. The summed E-state index contributed by atoms with van der Waals surface area (Å²) in [5, 5.41) is 22.4. The number of aliphatic hydroxyl groups excluding tert-OH is 1. The summed E-state index contributed by atoms with van der Waals surface area (Å²) in [5.74, 6) is 5.80. The number of hydrogen-bond donors (Lipinski definition) is 3. The molecule has 152 valence electrons. The molecule has 0 aliphatic rings. The summed E-state index contributed by atoms with van der Waals surface area (Å²) < 4.78 is 0.666. The first kappa shape index (κ1) is 21.6. The summed E-state index contributed by atoms with van der Waals surface area (Å²) in [7, 11) is 0. The number of amides is 1. The molecule has 0 radical (unpaired) electrons. The highest BCUT2D eigenvalue weighted by atomic mass is 79.9. The number of aromatic amines is 1. The topological polar surface area (TPSA) is 88.9 Å². The molecule has 0 unspecified atom stereocenters. The van der Waals surface area contributed by atoms with E-state index in [1.807, 2.05) is 36.5 Å². The van der Waals surface area contributed by atoms with Gasteiger partial charge in [0.05, 0.1) is 24.3 Å². The van der Waals surface area contributed by atoms with Gasteiger partial charge in [-0.1, -0.05) is 30.0 Å². The van der Waals surface area contributed by atoms with Crippen molar-refractivity contribution in [2.45, 2.75) is 31.7 Å². The number of nitriles is 1. The molecule has 3 aromatic rings. The molecule has 30 heavy (non-hydrogen) atoms. The van der Waals surface area contributed by atoms with E-state index < -0.39 is 6.04 Å². The number of carbonyl (C=O) groups excluding carboxylic acids is 1. The number of para-hydroxylation sites is 1. The van der Waals surface area contributed by atoms with Gasteiger partial charge < -0.3 is 15.4 Å². The van der Waals surface area contributed by atoms with E-state index in [0.29, 0.717) is 29.3 Å². The first-order chi connectivity index (χ1) is 14.6. The van der Waals surface area contributed by atoms with Gasteiger partial charge in [-0.25, -0.2) is 0 Å². The number of carbonyl (C=O) groups is 1. The molecule has 5 nitrogen and oxygen atoms in total. The Morgan fingerprint density at radius 2 is 2.07 bits per heavy atom. The molecule has 3 N–H and O–H groups in total. The highest BCUT2D eigenvalue weighted by Crippen LogP contribution is 2.21. The van der Waals surface area contributed by atoms with E-state index in [1.165, 1.54) is 0 Å². The highest BCUT2D eigenvalue weighted by Gasteiger charge is 2.17. The number of rotatable bonds is 7. The maximum absolute atomic E-state index is 12.8. The number of H-pyrrole nitrogens is 1. The van der Waals surface area contributed by atoms with E-state index in [2.05, 4.69) is 44.1 Å². The fourth-order valence-electron chi connectivity index (χ4n) is 3.19. The average molecular weight is 464 g/mol. The number of benzene rings is 2. The van der Waals surface area contributed by atoms with Crippen LogP contribution in [0.4, 0.5) is 0 Å². The third kappa shape index (κ3) is 5.51. The molecule has 1 atom stereocenters. The molecular formula is C24H22BrN3O2. The highest BCUT2D eigenvalue weighted by molar-refractivity contribution is 9.10. The molecule has 0 aliphatic carbocycles. The Morgan fingerprint density at radius 3 is 2.87 bits per heavy atom. The second kappa shape index (κ2) is 10.6. The van der Waals surface area contributed by atoms with Crippen molar-refractivity contribution >= 4 is 32.7 Å². The smallest absolute Gasteiger partial charge is 0.252 e. The van der Waals surface area contributed by atoms with Gasteiger partial charge in [-0.2, -0.15) is 5.26 Å². The molecule has 0 bridgehead atoms. The SMILES string of the molecule is N#CCCCC#Cc1ccc(Br)c(C(=O)N[C@@H](CO)Cc2c[nH]c3ccccc23)c1. The minimum Gasteiger partial charge on any atom is -0.394 e. The molecule has 0 fully saturated rings. The lowest BCUT2D eigenvalue weighted by Crippen LogP contribution is -2.39. The third-order valence-electron chi connectivity index (χ3n) is 4.73. The Labute approximate surface area is 184 Å². The van der Waals surface area contributed by atoms with Crippen molar-refractivity contribution in [2.75, 3.05) is 6.61 Å². The molecule has 6 heteroatoms. The van der Waals surface area contributed by atoms with Crippen molar-refractivity contribution in [3.63, 3.8) is 0 Å². The van der Waals surface area contributed by atoms with Gasteiger partial charge in [0.2, 0.25) is 0 Å². The Bertz CT molecular complexity index is 1130. The van der Waals surface area contributed by atoms with Gasteiger partial charge in [-0.05, 0) is 58.6 Å². The number of unbranched alkanes of at least 4 members (excludes halogenated alkanes) is 2. The van der Waals surface area contributed by atoms with Crippen molar-refractivity contribution in [3.8, 4) is 17.9 Å². The van der Waals surface area contributed by atoms with Crippen LogP contribution in [0.2, 0.25) is 0 Å². The number of halogens is 1. The Balaban J connectivity index is 1.70. The number of nitrogens with one attached hydrogen (secondary N) is 2. The van der Waals surface area contributed by atoms with Crippen molar-refractivity contribution < 1.29 is 9.90 Å². The number of aromatic nitrogens is 1. The van der Waals surface area contributed by atoms with Gasteiger partial charge in [-0.3, -0.25) is 4.79 Å². The molecule has 3 rings (SSSR count). The van der Waals surface area contributed by atoms with Crippen molar-refractivity contribution in [1.29, 1.82) is 5.26 Å². The predicted molar refractivity (Wildman–Crippen MR) is 121 cm³/mol. The maximum Gasteiger partial charge on any atom is 0.252 e. The zero-order valence-corrected chi connectivity index (χ0v) is 18.0. The van der Waals surface area contributed by atoms with Crippen LogP contribution in [0.1, 0.15) is 40.7 Å². The number of nitrogens with zero attached hydrogens (tertiary/aromatic N) is 1. The summed E-state index contributed by atoms with van der Waals surface area (Å²) in [4.78, 5) is 16.1. The van der Waals surface area contributed by atoms with E-state index >= 15 is 0 Å². The normalized spacial score (nSPS) is 11.4. The van der Waals surface area contributed by atoms with Gasteiger partial charge >= 0.3 is 0 Å². The number of hydrogen-bond acceptors (Lipinski definition) is 3. The van der Waals surface area contributed by atoms with Crippen molar-refractivity contribution in [1.82, 2.24) is 10.3 Å². The molecule has 0 spiro atoms. The zero-order valence-electron chi connectivity index (χ0n) is 16.4. The lowest BCUT2D eigenvalue weighted by atomic mass is 10.0. The minimum atomic E-state index is -0.413. The Kier molecular flexibility index (Phi) is 7.68. The van der Waals surface area contributed by atoms with Crippen LogP contribution >= 0.6 is 15.9 Å². The Morgan fingerprint density at radius 1 is 1.23 bits per heavy atom. The molecule has 0 saturated carbocycles. The van der Waals surface area contributed by atoms with Crippen molar-refractivity contribution in [2.24, 2.45) is 0 Å². The van der Waals surface area contributed by atoms with Crippen LogP contribution in [0, 0.1) is 23.2 Å². The third-order valence-corrected chi connectivity index (χ3v) is 5.42. The van der Waals surface area contributed by atoms with Crippen LogP contribution in [0.25, 0.3) is 10.9 Å². The van der Waals surface area contributed by atoms with E-state index in [4.69, 9.17) is 5.26 Å². The Hall–Kier alpha value is -3.06. The number of aliphatic hydroxyl groups is 1. The largest absolute Gasteiger partial charge is 0.394 e. The first-order valence-corrected chi connectivity index (χ1v) is 10.5. The predicted octanol–water partition coefficient (Wildman–Crippen LogP) is 4.31. The maximum atomic E-state index is 12.8. The molecule has 1 aromatic heterocycles. The summed E-state index contributed by atoms with van der Waals surface area (Å²) in [6.45, 7) is -0.165. The van der Waals surface area contributed by atoms with Gasteiger partial charge in [0.1, 0.15) is 0 Å². The molecule has 1 heterocycles. The van der Waals surface area contributed by atoms with Gasteiger partial charge in [0.25, 0.3) is 5.91 Å². The lowest BCUT2D eigenvalue weighted by Gasteiger charge is -2.17. The second-order valence-electron chi connectivity index (χ2n) is 6.92.